The zero-order valence-corrected chi connectivity index (χ0v) is 13.1. The van der Waals surface area contributed by atoms with Gasteiger partial charge in [0.25, 0.3) is 0 Å². The van der Waals surface area contributed by atoms with Crippen LogP contribution in [0.2, 0.25) is 0 Å². The van der Waals surface area contributed by atoms with Crippen molar-refractivity contribution in [3.8, 4) is 0 Å². The minimum absolute atomic E-state index is 0.282. The van der Waals surface area contributed by atoms with Crippen LogP contribution in [0.25, 0.3) is 0 Å². The number of benzene rings is 1. The summed E-state index contributed by atoms with van der Waals surface area (Å²) < 4.78 is 4.74. The van der Waals surface area contributed by atoms with Gasteiger partial charge in [-0.15, -0.1) is 0 Å². The molecular formula is C16H24N2O3. The zero-order valence-electron chi connectivity index (χ0n) is 13.1. The van der Waals surface area contributed by atoms with Crippen LogP contribution in [0.1, 0.15) is 25.8 Å². The van der Waals surface area contributed by atoms with Gasteiger partial charge < -0.3 is 15.0 Å². The third kappa shape index (κ3) is 5.85. The molecule has 21 heavy (non-hydrogen) atoms. The van der Waals surface area contributed by atoms with Crippen LogP contribution in [0, 0.1) is 5.92 Å². The number of carbonyl (C=O) groups excluding carboxylic acids is 2. The fourth-order valence-corrected chi connectivity index (χ4v) is 2.02. The maximum Gasteiger partial charge on any atom is 0.328 e. The highest BCUT2D eigenvalue weighted by Crippen LogP contribution is 2.08. The first-order valence-electron chi connectivity index (χ1n) is 7.07. The highest BCUT2D eigenvalue weighted by Gasteiger charge is 2.23. The molecule has 0 saturated heterocycles. The number of hydrogen-bond acceptors (Lipinski definition) is 3. The maximum absolute atomic E-state index is 12.2. The highest BCUT2D eigenvalue weighted by molar-refractivity contribution is 5.83. The molecule has 0 bridgehead atoms. The zero-order chi connectivity index (χ0) is 15.8. The summed E-state index contributed by atoms with van der Waals surface area (Å²) in [7, 11) is 3.03. The van der Waals surface area contributed by atoms with E-state index in [4.69, 9.17) is 4.74 Å². The van der Waals surface area contributed by atoms with Crippen molar-refractivity contribution in [2.75, 3.05) is 14.2 Å². The van der Waals surface area contributed by atoms with E-state index in [-0.39, 0.29) is 11.9 Å². The Morgan fingerprint density at radius 1 is 1.24 bits per heavy atom. The monoisotopic (exact) mass is 292 g/mol. The first-order valence-corrected chi connectivity index (χ1v) is 7.07. The van der Waals surface area contributed by atoms with Gasteiger partial charge in [-0.2, -0.15) is 0 Å². The minimum atomic E-state index is -0.610. The van der Waals surface area contributed by atoms with Crippen molar-refractivity contribution in [3.05, 3.63) is 35.9 Å². The van der Waals surface area contributed by atoms with Crippen molar-refractivity contribution < 1.29 is 14.3 Å². The predicted octanol–water partition coefficient (Wildman–Crippen LogP) is 2.42. The number of esters is 1. The molecule has 1 aromatic carbocycles. The number of amides is 2. The summed E-state index contributed by atoms with van der Waals surface area (Å²) in [4.78, 5) is 25.4. The van der Waals surface area contributed by atoms with E-state index in [1.165, 1.54) is 7.11 Å². The third-order valence-corrected chi connectivity index (χ3v) is 3.10. The molecular weight excluding hydrogens is 268 g/mol. The van der Waals surface area contributed by atoms with Gasteiger partial charge in [0.15, 0.2) is 0 Å². The minimum Gasteiger partial charge on any atom is -0.467 e. The van der Waals surface area contributed by atoms with Gasteiger partial charge in [-0.25, -0.2) is 9.59 Å². The van der Waals surface area contributed by atoms with E-state index in [2.05, 4.69) is 5.32 Å². The fourth-order valence-electron chi connectivity index (χ4n) is 2.02. The van der Waals surface area contributed by atoms with Crippen molar-refractivity contribution in [1.82, 2.24) is 10.2 Å². The van der Waals surface area contributed by atoms with Crippen LogP contribution < -0.4 is 5.32 Å². The largest absolute Gasteiger partial charge is 0.467 e. The number of rotatable bonds is 6. The molecule has 0 heterocycles. The van der Waals surface area contributed by atoms with E-state index in [0.717, 1.165) is 5.56 Å². The van der Waals surface area contributed by atoms with Crippen LogP contribution in [-0.2, 0) is 16.1 Å². The molecule has 116 valence electrons. The lowest BCUT2D eigenvalue weighted by molar-refractivity contribution is -0.143. The van der Waals surface area contributed by atoms with Gasteiger partial charge in [0, 0.05) is 13.6 Å². The van der Waals surface area contributed by atoms with Gasteiger partial charge in [0.1, 0.15) is 6.04 Å². The van der Waals surface area contributed by atoms with Gasteiger partial charge in [0.2, 0.25) is 0 Å². The molecule has 0 aliphatic heterocycles. The van der Waals surface area contributed by atoms with Gasteiger partial charge in [-0.05, 0) is 17.9 Å². The van der Waals surface area contributed by atoms with Gasteiger partial charge in [-0.3, -0.25) is 0 Å². The Balaban J connectivity index is 2.61. The van der Waals surface area contributed by atoms with Crippen molar-refractivity contribution in [3.63, 3.8) is 0 Å². The number of ether oxygens (including phenoxy) is 1. The Morgan fingerprint density at radius 3 is 2.38 bits per heavy atom. The van der Waals surface area contributed by atoms with Crippen LogP contribution in [0.5, 0.6) is 0 Å². The van der Waals surface area contributed by atoms with Crippen LogP contribution in [0.4, 0.5) is 4.79 Å². The normalized spacial score (nSPS) is 11.9. The molecule has 1 unspecified atom stereocenters. The number of carbonyl (C=O) groups is 2. The fraction of sp³-hybridized carbons (Fsp3) is 0.500. The second kappa shape index (κ2) is 8.29. The number of nitrogens with zero attached hydrogens (tertiary/aromatic N) is 1. The van der Waals surface area contributed by atoms with Gasteiger partial charge in [0.05, 0.1) is 7.11 Å². The topological polar surface area (TPSA) is 58.6 Å². The summed E-state index contributed by atoms with van der Waals surface area (Å²) in [6.45, 7) is 4.48. The summed E-state index contributed by atoms with van der Waals surface area (Å²) in [6.07, 6.45) is 0.553. The van der Waals surface area contributed by atoms with Crippen LogP contribution >= 0.6 is 0 Å². The molecule has 0 fully saturated rings. The summed E-state index contributed by atoms with van der Waals surface area (Å²) in [5.41, 5.74) is 1.04. The molecule has 0 saturated carbocycles. The standard InChI is InChI=1S/C16H24N2O3/c1-12(2)10-14(15(19)21-4)17-16(20)18(3)11-13-8-6-5-7-9-13/h5-9,12,14H,10-11H2,1-4H3,(H,17,20). The quantitative estimate of drug-likeness (QED) is 0.819. The number of nitrogens with one attached hydrogen (secondary N) is 1. The first-order chi connectivity index (χ1) is 9.93. The number of methoxy groups -OCH3 is 1. The molecule has 0 aromatic heterocycles. The molecule has 1 aromatic rings. The molecule has 1 N–H and O–H groups in total. The lowest BCUT2D eigenvalue weighted by atomic mass is 10.0. The smallest absolute Gasteiger partial charge is 0.328 e. The van der Waals surface area contributed by atoms with Crippen molar-refractivity contribution >= 4 is 12.0 Å². The van der Waals surface area contributed by atoms with Crippen LogP contribution in [-0.4, -0.2) is 37.1 Å². The molecule has 2 amide bonds. The molecule has 5 heteroatoms. The molecule has 1 atom stereocenters. The average molecular weight is 292 g/mol. The Labute approximate surface area is 126 Å². The maximum atomic E-state index is 12.2. The van der Waals surface area contributed by atoms with Crippen LogP contribution in [0.15, 0.2) is 30.3 Å². The van der Waals surface area contributed by atoms with Crippen molar-refractivity contribution in [2.45, 2.75) is 32.9 Å². The molecule has 0 aliphatic carbocycles. The average Bonchev–Trinajstić information content (AvgIpc) is 2.46. The Bertz CT molecular complexity index is 460. The summed E-state index contributed by atoms with van der Waals surface area (Å²) in [5, 5.41) is 2.73. The summed E-state index contributed by atoms with van der Waals surface area (Å²) >= 11 is 0. The summed E-state index contributed by atoms with van der Waals surface area (Å²) in [5.74, 6) is -0.126. The second-order valence-corrected chi connectivity index (χ2v) is 5.50. The van der Waals surface area contributed by atoms with Gasteiger partial charge >= 0.3 is 12.0 Å². The summed E-state index contributed by atoms with van der Waals surface area (Å²) in [6, 6.07) is 8.80. The molecule has 0 radical (unpaired) electrons. The predicted molar refractivity (Wildman–Crippen MR) is 81.7 cm³/mol. The lowest BCUT2D eigenvalue weighted by Gasteiger charge is -2.23. The highest BCUT2D eigenvalue weighted by atomic mass is 16.5. The van der Waals surface area contributed by atoms with Gasteiger partial charge in [-0.1, -0.05) is 44.2 Å². The van der Waals surface area contributed by atoms with E-state index in [9.17, 15) is 9.59 Å². The Morgan fingerprint density at radius 2 is 1.86 bits per heavy atom. The Hall–Kier alpha value is -2.04. The molecule has 1 rings (SSSR count). The first kappa shape index (κ1) is 17.0. The van der Waals surface area contributed by atoms with E-state index in [1.54, 1.807) is 11.9 Å². The molecule has 0 spiro atoms. The molecule has 0 aliphatic rings. The van der Waals surface area contributed by atoms with Crippen LogP contribution in [0.3, 0.4) is 0 Å². The van der Waals surface area contributed by atoms with Crippen molar-refractivity contribution in [2.24, 2.45) is 5.92 Å². The van der Waals surface area contributed by atoms with E-state index in [1.807, 2.05) is 44.2 Å². The van der Waals surface area contributed by atoms with E-state index < -0.39 is 12.0 Å². The lowest BCUT2D eigenvalue weighted by Crippen LogP contribution is -2.47. The molecule has 5 nitrogen and oxygen atoms in total. The number of hydrogen-bond donors (Lipinski definition) is 1. The van der Waals surface area contributed by atoms with Crippen molar-refractivity contribution in [1.29, 1.82) is 0 Å². The Kier molecular flexibility index (Phi) is 6.72. The SMILES string of the molecule is COC(=O)C(CC(C)C)NC(=O)N(C)Cc1ccccc1. The number of urea groups is 1. The van der Waals surface area contributed by atoms with E-state index in [0.29, 0.717) is 13.0 Å². The second-order valence-electron chi connectivity index (χ2n) is 5.50. The third-order valence-electron chi connectivity index (χ3n) is 3.10. The van der Waals surface area contributed by atoms with E-state index >= 15 is 0 Å².